The maximum atomic E-state index is 13.8. The summed E-state index contributed by atoms with van der Waals surface area (Å²) in [7, 11) is 0. The highest BCUT2D eigenvalue weighted by molar-refractivity contribution is 9.10. The number of halogens is 2. The second-order valence-electron chi connectivity index (χ2n) is 11.0. The molecule has 2 heterocycles. The van der Waals surface area contributed by atoms with Crippen molar-refractivity contribution in [2.24, 2.45) is 5.92 Å². The lowest BCUT2D eigenvalue weighted by molar-refractivity contribution is -0.124. The Morgan fingerprint density at radius 1 is 1.07 bits per heavy atom. The molecule has 13 heteroatoms. The SMILES string of the molecule is CC(C)[C@H](NC(=O)[C@H](Cc1ccc(O)c(C2C(=O)Nc3c(Br)cccc32)c1)NC(=O)OCc1ccccc1)c1nc(C#N)c(Br)o1. The molecule has 4 aromatic rings. The molecule has 0 saturated heterocycles. The number of rotatable bonds is 10. The number of ether oxygens (including phenoxy) is 1. The molecule has 1 aliphatic heterocycles. The van der Waals surface area contributed by atoms with Gasteiger partial charge in [0.2, 0.25) is 22.4 Å². The largest absolute Gasteiger partial charge is 0.508 e. The third kappa shape index (κ3) is 7.24. The lowest BCUT2D eigenvalue weighted by Gasteiger charge is -2.24. The number of phenolic OH excluding ortho intramolecular Hbond substituents is 1. The van der Waals surface area contributed by atoms with E-state index in [1.165, 1.54) is 6.07 Å². The molecule has 3 aromatic carbocycles. The number of nitrogens with zero attached hydrogens (tertiary/aromatic N) is 2. The highest BCUT2D eigenvalue weighted by Crippen LogP contribution is 2.43. The number of aromatic hydroxyl groups is 1. The first-order chi connectivity index (χ1) is 22.0. The monoisotopic (exact) mass is 749 g/mol. The summed E-state index contributed by atoms with van der Waals surface area (Å²) in [5.41, 5.74) is 3.05. The number of benzene rings is 3. The van der Waals surface area contributed by atoms with Gasteiger partial charge in [-0.25, -0.2) is 4.79 Å². The highest BCUT2D eigenvalue weighted by atomic mass is 79.9. The molecule has 1 aliphatic rings. The molecule has 0 radical (unpaired) electrons. The molecule has 0 aliphatic carbocycles. The molecule has 3 atom stereocenters. The second kappa shape index (κ2) is 14.2. The average Bonchev–Trinajstić information content (AvgIpc) is 3.58. The van der Waals surface area contributed by atoms with Gasteiger partial charge in [0.25, 0.3) is 0 Å². The Kier molecular flexibility index (Phi) is 10.1. The van der Waals surface area contributed by atoms with E-state index in [1.54, 1.807) is 24.3 Å². The van der Waals surface area contributed by atoms with E-state index in [4.69, 9.17) is 9.15 Å². The van der Waals surface area contributed by atoms with Gasteiger partial charge in [0, 0.05) is 16.5 Å². The van der Waals surface area contributed by atoms with Crippen molar-refractivity contribution >= 4 is 55.5 Å². The van der Waals surface area contributed by atoms with E-state index >= 15 is 0 Å². The topological polar surface area (TPSA) is 167 Å². The van der Waals surface area contributed by atoms with E-state index in [2.05, 4.69) is 52.8 Å². The maximum Gasteiger partial charge on any atom is 0.408 e. The number of aromatic nitrogens is 1. The van der Waals surface area contributed by atoms with Gasteiger partial charge < -0.3 is 30.2 Å². The standard InChI is InChI=1S/C33H29Br2N5O6/c1-17(2)27(32-37-24(15-36)29(35)46-32)39-30(42)23(38-33(44)45-16-18-7-4-3-5-8-18)14-19-11-12-25(41)21(13-19)26-20-9-6-10-22(34)28(20)40-31(26)43/h3-13,17,23,26-27,41H,14,16H2,1-2H3,(H,38,44)(H,39,42)(H,40,43)/t23-,26?,27-/m0/s1. The van der Waals surface area contributed by atoms with E-state index in [0.29, 0.717) is 26.9 Å². The van der Waals surface area contributed by atoms with Gasteiger partial charge in [-0.1, -0.05) is 68.4 Å². The molecule has 0 saturated carbocycles. The number of oxazole rings is 1. The summed E-state index contributed by atoms with van der Waals surface area (Å²) in [4.78, 5) is 44.0. The van der Waals surface area contributed by atoms with Gasteiger partial charge >= 0.3 is 6.09 Å². The summed E-state index contributed by atoms with van der Waals surface area (Å²) >= 11 is 6.63. The van der Waals surface area contributed by atoms with Gasteiger partial charge in [-0.2, -0.15) is 10.2 Å². The number of para-hydroxylation sites is 1. The second-order valence-corrected chi connectivity index (χ2v) is 12.6. The first-order valence-corrected chi connectivity index (χ1v) is 15.9. The van der Waals surface area contributed by atoms with Gasteiger partial charge in [-0.3, -0.25) is 9.59 Å². The van der Waals surface area contributed by atoms with Crippen LogP contribution in [-0.2, 0) is 27.4 Å². The Morgan fingerprint density at radius 3 is 2.52 bits per heavy atom. The summed E-state index contributed by atoms with van der Waals surface area (Å²) in [6, 6.07) is 19.3. The van der Waals surface area contributed by atoms with Crippen LogP contribution in [0.3, 0.4) is 0 Å². The van der Waals surface area contributed by atoms with Crippen molar-refractivity contribution in [3.63, 3.8) is 0 Å². The van der Waals surface area contributed by atoms with Crippen molar-refractivity contribution < 1.29 is 28.6 Å². The maximum absolute atomic E-state index is 13.8. The number of hydrogen-bond acceptors (Lipinski definition) is 8. The number of amides is 3. The molecule has 3 amide bonds. The molecule has 11 nitrogen and oxygen atoms in total. The van der Waals surface area contributed by atoms with E-state index in [-0.39, 0.29) is 46.9 Å². The smallest absolute Gasteiger partial charge is 0.408 e. The van der Waals surface area contributed by atoms with Crippen LogP contribution in [0.15, 0.2) is 80.3 Å². The third-order valence-electron chi connectivity index (χ3n) is 7.47. The van der Waals surface area contributed by atoms with Crippen LogP contribution in [0, 0.1) is 17.2 Å². The van der Waals surface area contributed by atoms with Crippen LogP contribution in [0.25, 0.3) is 0 Å². The first-order valence-electron chi connectivity index (χ1n) is 14.3. The molecular formula is C33H29Br2N5O6. The van der Waals surface area contributed by atoms with E-state index in [0.717, 1.165) is 5.56 Å². The van der Waals surface area contributed by atoms with Crippen LogP contribution in [0.5, 0.6) is 5.75 Å². The number of anilines is 1. The molecule has 4 N–H and O–H groups in total. The number of nitriles is 1. The zero-order valence-corrected chi connectivity index (χ0v) is 27.9. The average molecular weight is 751 g/mol. The Bertz CT molecular complexity index is 1820. The Balaban J connectivity index is 1.42. The third-order valence-corrected chi connectivity index (χ3v) is 8.67. The van der Waals surface area contributed by atoms with Crippen LogP contribution in [-0.4, -0.2) is 34.0 Å². The number of fused-ring (bicyclic) bond motifs is 1. The molecule has 0 bridgehead atoms. The van der Waals surface area contributed by atoms with Gasteiger partial charge in [0.15, 0.2) is 5.69 Å². The lowest BCUT2D eigenvalue weighted by Crippen LogP contribution is -2.49. The van der Waals surface area contributed by atoms with Gasteiger partial charge in [-0.15, -0.1) is 0 Å². The Hall–Kier alpha value is -4.67. The van der Waals surface area contributed by atoms with Crippen molar-refractivity contribution in [2.75, 3.05) is 5.32 Å². The highest BCUT2D eigenvalue weighted by Gasteiger charge is 2.35. The van der Waals surface area contributed by atoms with Crippen LogP contribution < -0.4 is 16.0 Å². The zero-order chi connectivity index (χ0) is 33.0. The van der Waals surface area contributed by atoms with Crippen LogP contribution in [0.4, 0.5) is 10.5 Å². The number of phenols is 1. The molecule has 0 spiro atoms. The van der Waals surface area contributed by atoms with Gasteiger partial charge in [0.05, 0.1) is 11.6 Å². The summed E-state index contributed by atoms with van der Waals surface area (Å²) in [6.07, 6.45) is -0.827. The number of hydrogen-bond donors (Lipinski definition) is 4. The van der Waals surface area contributed by atoms with Gasteiger partial charge in [-0.05, 0) is 66.6 Å². The number of carbonyl (C=O) groups excluding carboxylic acids is 3. The fraction of sp³-hybridized carbons (Fsp3) is 0.242. The van der Waals surface area contributed by atoms with E-state index in [1.807, 2.05) is 56.3 Å². The number of nitrogens with one attached hydrogen (secondary N) is 3. The van der Waals surface area contributed by atoms with Crippen LogP contribution >= 0.6 is 31.9 Å². The Labute approximate surface area is 281 Å². The van der Waals surface area contributed by atoms with Crippen LogP contribution in [0.2, 0.25) is 0 Å². The van der Waals surface area contributed by atoms with E-state index in [9.17, 15) is 24.8 Å². The molecule has 5 rings (SSSR count). The fourth-order valence-corrected chi connectivity index (χ4v) is 5.98. The molecule has 0 fully saturated rings. The summed E-state index contributed by atoms with van der Waals surface area (Å²) in [6.45, 7) is 3.69. The minimum atomic E-state index is -1.14. The van der Waals surface area contributed by atoms with Crippen molar-refractivity contribution in [1.82, 2.24) is 15.6 Å². The quantitative estimate of drug-likeness (QED) is 0.148. The molecule has 46 heavy (non-hydrogen) atoms. The van der Waals surface area contributed by atoms with Crippen molar-refractivity contribution in [3.8, 4) is 11.8 Å². The summed E-state index contributed by atoms with van der Waals surface area (Å²) in [5.74, 6) is -1.82. The van der Waals surface area contributed by atoms with Crippen LogP contribution in [0.1, 0.15) is 59.6 Å². The number of carbonyl (C=O) groups is 3. The van der Waals surface area contributed by atoms with Gasteiger partial charge in [0.1, 0.15) is 30.5 Å². The summed E-state index contributed by atoms with van der Waals surface area (Å²) in [5, 5.41) is 28.6. The molecular weight excluding hydrogens is 722 g/mol. The Morgan fingerprint density at radius 2 is 1.83 bits per heavy atom. The fourth-order valence-electron chi connectivity index (χ4n) is 5.16. The number of alkyl carbamates (subject to hydrolysis) is 1. The van der Waals surface area contributed by atoms with Crippen molar-refractivity contribution in [2.45, 2.75) is 44.9 Å². The van der Waals surface area contributed by atoms with E-state index < -0.39 is 30.0 Å². The predicted molar refractivity (Wildman–Crippen MR) is 175 cm³/mol. The predicted octanol–water partition coefficient (Wildman–Crippen LogP) is 6.21. The lowest BCUT2D eigenvalue weighted by atomic mass is 9.89. The zero-order valence-electron chi connectivity index (χ0n) is 24.7. The molecule has 236 valence electrons. The van der Waals surface area contributed by atoms with Crippen molar-refractivity contribution in [3.05, 3.63) is 110 Å². The minimum Gasteiger partial charge on any atom is -0.508 e. The first kappa shape index (κ1) is 32.7. The minimum absolute atomic E-state index is 0.00791. The molecule has 1 aromatic heterocycles. The summed E-state index contributed by atoms with van der Waals surface area (Å²) < 4.78 is 11.9. The van der Waals surface area contributed by atoms with Crippen molar-refractivity contribution in [1.29, 1.82) is 5.26 Å². The molecule has 1 unspecified atom stereocenters. The normalized spacial score (nSPS) is 15.0.